The standard InChI is InChI=1S/C18H20O4/c19-12-15(18(22)14-6-10-17(21)11-7-14)3-1-2-13-4-8-16(20)9-5-13/h1-2,4-11,15,18-22H,3,12H2/b2-1+. The molecule has 0 saturated heterocycles. The summed E-state index contributed by atoms with van der Waals surface area (Å²) in [5.74, 6) is 0.0368. The molecule has 0 aromatic heterocycles. The highest BCUT2D eigenvalue weighted by Crippen LogP contribution is 2.26. The predicted octanol–water partition coefficient (Wildman–Crippen LogP) is 2.84. The number of phenols is 2. The molecule has 4 nitrogen and oxygen atoms in total. The number of hydrogen-bond donors (Lipinski definition) is 4. The molecule has 0 bridgehead atoms. The van der Waals surface area contributed by atoms with Crippen LogP contribution in [0.2, 0.25) is 0 Å². The number of hydrogen-bond acceptors (Lipinski definition) is 4. The van der Waals surface area contributed by atoms with Crippen molar-refractivity contribution in [2.24, 2.45) is 5.92 Å². The van der Waals surface area contributed by atoms with E-state index in [4.69, 9.17) is 0 Å². The van der Waals surface area contributed by atoms with E-state index >= 15 is 0 Å². The van der Waals surface area contributed by atoms with Crippen LogP contribution < -0.4 is 0 Å². The van der Waals surface area contributed by atoms with Crippen LogP contribution in [0.4, 0.5) is 0 Å². The fourth-order valence-corrected chi connectivity index (χ4v) is 2.21. The molecule has 0 saturated carbocycles. The first kappa shape index (κ1) is 16.1. The van der Waals surface area contributed by atoms with Crippen molar-refractivity contribution in [2.45, 2.75) is 12.5 Å². The fourth-order valence-electron chi connectivity index (χ4n) is 2.21. The molecule has 4 heteroatoms. The second-order valence-electron chi connectivity index (χ2n) is 5.21. The zero-order valence-electron chi connectivity index (χ0n) is 12.1. The Balaban J connectivity index is 1.99. The van der Waals surface area contributed by atoms with E-state index in [1.807, 2.05) is 12.2 Å². The van der Waals surface area contributed by atoms with Gasteiger partial charge < -0.3 is 20.4 Å². The molecule has 0 radical (unpaired) electrons. The van der Waals surface area contributed by atoms with Crippen molar-refractivity contribution in [2.75, 3.05) is 6.61 Å². The third kappa shape index (κ3) is 4.35. The Morgan fingerprint density at radius 1 is 0.864 bits per heavy atom. The average molecular weight is 300 g/mol. The Morgan fingerprint density at radius 3 is 1.95 bits per heavy atom. The lowest BCUT2D eigenvalue weighted by Crippen LogP contribution is -2.15. The molecule has 4 N–H and O–H groups in total. The molecule has 22 heavy (non-hydrogen) atoms. The number of allylic oxidation sites excluding steroid dienone is 1. The van der Waals surface area contributed by atoms with Gasteiger partial charge in [-0.05, 0) is 41.8 Å². The molecule has 116 valence electrons. The van der Waals surface area contributed by atoms with Crippen LogP contribution >= 0.6 is 0 Å². The average Bonchev–Trinajstić information content (AvgIpc) is 2.53. The quantitative estimate of drug-likeness (QED) is 0.661. The number of rotatable bonds is 6. The van der Waals surface area contributed by atoms with Gasteiger partial charge in [0.25, 0.3) is 0 Å². The molecule has 0 aliphatic heterocycles. The third-order valence-corrected chi connectivity index (χ3v) is 3.56. The lowest BCUT2D eigenvalue weighted by atomic mass is 9.93. The summed E-state index contributed by atoms with van der Waals surface area (Å²) in [4.78, 5) is 0. The van der Waals surface area contributed by atoms with E-state index in [1.165, 1.54) is 12.1 Å². The lowest BCUT2D eigenvalue weighted by molar-refractivity contribution is 0.0684. The molecule has 2 rings (SSSR count). The molecule has 0 aliphatic rings. The van der Waals surface area contributed by atoms with Crippen LogP contribution in [0.15, 0.2) is 54.6 Å². The fraction of sp³-hybridized carbons (Fsp3) is 0.222. The number of aromatic hydroxyl groups is 2. The van der Waals surface area contributed by atoms with Gasteiger partial charge in [-0.3, -0.25) is 0 Å². The van der Waals surface area contributed by atoms with Crippen LogP contribution in [-0.4, -0.2) is 27.0 Å². The Hall–Kier alpha value is -2.30. The van der Waals surface area contributed by atoms with E-state index < -0.39 is 6.10 Å². The lowest BCUT2D eigenvalue weighted by Gasteiger charge is -2.20. The normalized spacial score (nSPS) is 14.1. The summed E-state index contributed by atoms with van der Waals surface area (Å²) in [6.07, 6.45) is 3.48. The van der Waals surface area contributed by atoms with E-state index in [0.29, 0.717) is 12.0 Å². The van der Waals surface area contributed by atoms with Gasteiger partial charge in [-0.1, -0.05) is 36.4 Å². The summed E-state index contributed by atoms with van der Waals surface area (Å²) in [6.45, 7) is -0.137. The number of aliphatic hydroxyl groups is 2. The van der Waals surface area contributed by atoms with Gasteiger partial charge in [0.2, 0.25) is 0 Å². The molecular weight excluding hydrogens is 280 g/mol. The molecule has 0 fully saturated rings. The Morgan fingerprint density at radius 2 is 1.41 bits per heavy atom. The van der Waals surface area contributed by atoms with Gasteiger partial charge in [0, 0.05) is 12.5 Å². The van der Waals surface area contributed by atoms with Gasteiger partial charge >= 0.3 is 0 Å². The molecular formula is C18H20O4. The molecule has 2 aromatic rings. The van der Waals surface area contributed by atoms with Crippen LogP contribution in [0.3, 0.4) is 0 Å². The van der Waals surface area contributed by atoms with Crippen molar-refractivity contribution in [3.05, 3.63) is 65.7 Å². The van der Waals surface area contributed by atoms with Crippen LogP contribution in [0.5, 0.6) is 11.5 Å². The summed E-state index contributed by atoms with van der Waals surface area (Å²) >= 11 is 0. The molecule has 0 aliphatic carbocycles. The first-order valence-corrected chi connectivity index (χ1v) is 7.13. The van der Waals surface area contributed by atoms with E-state index in [1.54, 1.807) is 36.4 Å². The summed E-state index contributed by atoms with van der Waals surface area (Å²) in [7, 11) is 0. The van der Waals surface area contributed by atoms with E-state index in [-0.39, 0.29) is 24.0 Å². The first-order valence-electron chi connectivity index (χ1n) is 7.13. The van der Waals surface area contributed by atoms with Crippen molar-refractivity contribution in [3.8, 4) is 11.5 Å². The van der Waals surface area contributed by atoms with Crippen molar-refractivity contribution in [1.82, 2.24) is 0 Å². The minimum Gasteiger partial charge on any atom is -0.508 e. The SMILES string of the molecule is OCC(C/C=C/c1ccc(O)cc1)C(O)c1ccc(O)cc1. The van der Waals surface area contributed by atoms with Crippen molar-refractivity contribution in [1.29, 1.82) is 0 Å². The summed E-state index contributed by atoms with van der Waals surface area (Å²) < 4.78 is 0. The molecule has 2 aromatic carbocycles. The highest BCUT2D eigenvalue weighted by molar-refractivity contribution is 5.50. The van der Waals surface area contributed by atoms with Crippen LogP contribution in [0.25, 0.3) is 6.08 Å². The van der Waals surface area contributed by atoms with E-state index in [9.17, 15) is 20.4 Å². The maximum atomic E-state index is 10.3. The van der Waals surface area contributed by atoms with E-state index in [0.717, 1.165) is 5.56 Å². The summed E-state index contributed by atoms with van der Waals surface area (Å²) in [5.41, 5.74) is 1.60. The third-order valence-electron chi connectivity index (χ3n) is 3.56. The minimum absolute atomic E-state index is 0.137. The molecule has 0 heterocycles. The van der Waals surface area contributed by atoms with Gasteiger partial charge in [0.1, 0.15) is 11.5 Å². The maximum absolute atomic E-state index is 10.3. The second kappa shape index (κ2) is 7.64. The number of benzene rings is 2. The first-order chi connectivity index (χ1) is 10.6. The Labute approximate surface area is 129 Å². The molecule has 2 atom stereocenters. The van der Waals surface area contributed by atoms with Crippen molar-refractivity contribution >= 4 is 6.08 Å². The highest BCUT2D eigenvalue weighted by atomic mass is 16.3. The highest BCUT2D eigenvalue weighted by Gasteiger charge is 2.18. The maximum Gasteiger partial charge on any atom is 0.115 e. The molecule has 0 amide bonds. The minimum atomic E-state index is -0.796. The topological polar surface area (TPSA) is 80.9 Å². The second-order valence-corrected chi connectivity index (χ2v) is 5.21. The van der Waals surface area contributed by atoms with Crippen LogP contribution in [0, 0.1) is 5.92 Å². The molecule has 2 unspecified atom stereocenters. The van der Waals surface area contributed by atoms with Crippen molar-refractivity contribution in [3.63, 3.8) is 0 Å². The largest absolute Gasteiger partial charge is 0.508 e. The summed E-state index contributed by atoms with van der Waals surface area (Å²) in [5, 5.41) is 38.2. The predicted molar refractivity (Wildman–Crippen MR) is 85.4 cm³/mol. The Bertz CT molecular complexity index is 602. The number of aliphatic hydroxyl groups excluding tert-OH is 2. The van der Waals surface area contributed by atoms with Gasteiger partial charge in [-0.2, -0.15) is 0 Å². The van der Waals surface area contributed by atoms with Crippen LogP contribution in [-0.2, 0) is 0 Å². The molecule has 0 spiro atoms. The van der Waals surface area contributed by atoms with Crippen molar-refractivity contribution < 1.29 is 20.4 Å². The summed E-state index contributed by atoms with van der Waals surface area (Å²) in [6, 6.07) is 13.1. The monoisotopic (exact) mass is 300 g/mol. The smallest absolute Gasteiger partial charge is 0.115 e. The Kier molecular flexibility index (Phi) is 5.58. The number of phenolic OH excluding ortho intramolecular Hbond substituents is 2. The zero-order valence-corrected chi connectivity index (χ0v) is 12.1. The zero-order chi connectivity index (χ0) is 15.9. The van der Waals surface area contributed by atoms with Crippen LogP contribution in [0.1, 0.15) is 23.7 Å². The van der Waals surface area contributed by atoms with Gasteiger partial charge in [-0.15, -0.1) is 0 Å². The van der Waals surface area contributed by atoms with Gasteiger partial charge in [0.15, 0.2) is 0 Å². The van der Waals surface area contributed by atoms with E-state index in [2.05, 4.69) is 0 Å². The van der Waals surface area contributed by atoms with Gasteiger partial charge in [-0.25, -0.2) is 0 Å². The van der Waals surface area contributed by atoms with Gasteiger partial charge in [0.05, 0.1) is 6.10 Å².